The standard InChI is InChI=1S/C23H23N3O/c1-4-26(5-2)23-21(16-24)20(17-11-13-19(27-3)14-12-17)15-22(25-23)18-9-7-6-8-10-18/h6-15H,4-5H2,1-3H3/p+1. The number of methoxy groups -OCH3 is 1. The van der Waals surface area contributed by atoms with Crippen molar-refractivity contribution in [2.75, 3.05) is 25.1 Å². The monoisotopic (exact) mass is 358 g/mol. The molecule has 27 heavy (non-hydrogen) atoms. The molecule has 0 spiro atoms. The molecule has 3 aromatic rings. The van der Waals surface area contributed by atoms with Gasteiger partial charge in [-0.1, -0.05) is 42.5 Å². The van der Waals surface area contributed by atoms with Gasteiger partial charge in [0.2, 0.25) is 0 Å². The van der Waals surface area contributed by atoms with Crippen LogP contribution in [0.3, 0.4) is 0 Å². The summed E-state index contributed by atoms with van der Waals surface area (Å²) in [6.45, 7) is 5.84. The number of benzene rings is 2. The molecule has 1 N–H and O–H groups in total. The SMILES string of the molecule is CCN(CC)c1[nH+]c(-c2ccccc2)cc(-c2ccc(OC)cc2)c1C#N. The maximum Gasteiger partial charge on any atom is 0.293 e. The van der Waals surface area contributed by atoms with Crippen LogP contribution in [-0.4, -0.2) is 20.2 Å². The quantitative estimate of drug-likeness (QED) is 0.649. The number of nitrogens with one attached hydrogen (secondary N) is 1. The molecule has 1 heterocycles. The fraction of sp³-hybridized carbons (Fsp3) is 0.217. The zero-order valence-corrected chi connectivity index (χ0v) is 16.0. The number of aromatic amines is 1. The van der Waals surface area contributed by atoms with Crippen molar-refractivity contribution in [2.45, 2.75) is 13.8 Å². The number of aromatic nitrogens is 1. The van der Waals surface area contributed by atoms with E-state index >= 15 is 0 Å². The topological polar surface area (TPSA) is 50.4 Å². The lowest BCUT2D eigenvalue weighted by molar-refractivity contribution is -0.350. The molecule has 3 rings (SSSR count). The van der Waals surface area contributed by atoms with Crippen LogP contribution in [0.1, 0.15) is 19.4 Å². The third-order valence-corrected chi connectivity index (χ3v) is 4.73. The van der Waals surface area contributed by atoms with E-state index in [-0.39, 0.29) is 0 Å². The fourth-order valence-corrected chi connectivity index (χ4v) is 3.23. The molecule has 0 radical (unpaired) electrons. The number of pyridine rings is 1. The number of nitrogens with zero attached hydrogens (tertiary/aromatic N) is 2. The second-order valence-corrected chi connectivity index (χ2v) is 6.20. The molecule has 0 fully saturated rings. The van der Waals surface area contributed by atoms with Gasteiger partial charge in [-0.15, -0.1) is 0 Å². The summed E-state index contributed by atoms with van der Waals surface area (Å²) >= 11 is 0. The minimum atomic E-state index is 0.656. The molecule has 136 valence electrons. The second kappa shape index (κ2) is 8.37. The number of H-pyrrole nitrogens is 1. The summed E-state index contributed by atoms with van der Waals surface area (Å²) in [5, 5.41) is 9.94. The Hall–Kier alpha value is -3.32. The van der Waals surface area contributed by atoms with Crippen molar-refractivity contribution in [3.63, 3.8) is 0 Å². The maximum atomic E-state index is 9.94. The van der Waals surface area contributed by atoms with Crippen LogP contribution in [0.15, 0.2) is 60.7 Å². The molecule has 0 saturated carbocycles. The zero-order chi connectivity index (χ0) is 19.2. The van der Waals surface area contributed by atoms with Crippen LogP contribution < -0.4 is 14.6 Å². The average molecular weight is 358 g/mol. The number of nitriles is 1. The van der Waals surface area contributed by atoms with Gasteiger partial charge in [-0.25, -0.2) is 4.98 Å². The van der Waals surface area contributed by atoms with E-state index in [4.69, 9.17) is 4.74 Å². The first kappa shape index (κ1) is 18.5. The summed E-state index contributed by atoms with van der Waals surface area (Å²) in [5.41, 5.74) is 4.64. The van der Waals surface area contributed by atoms with E-state index in [1.165, 1.54) is 0 Å². The van der Waals surface area contributed by atoms with E-state index in [1.807, 2.05) is 42.5 Å². The van der Waals surface area contributed by atoms with E-state index < -0.39 is 0 Å². The van der Waals surface area contributed by atoms with Crippen LogP contribution >= 0.6 is 0 Å². The van der Waals surface area contributed by atoms with Gasteiger partial charge < -0.3 is 4.74 Å². The van der Waals surface area contributed by atoms with Crippen molar-refractivity contribution < 1.29 is 9.72 Å². The number of ether oxygens (including phenoxy) is 1. The molecule has 4 heteroatoms. The van der Waals surface area contributed by atoms with Gasteiger partial charge in [0.05, 0.1) is 20.2 Å². The van der Waals surface area contributed by atoms with Crippen LogP contribution in [0, 0.1) is 11.3 Å². The first-order valence-corrected chi connectivity index (χ1v) is 9.17. The summed E-state index contributed by atoms with van der Waals surface area (Å²) < 4.78 is 5.27. The van der Waals surface area contributed by atoms with Crippen molar-refractivity contribution in [3.05, 3.63) is 66.2 Å². The molecule has 0 bridgehead atoms. The van der Waals surface area contributed by atoms with Crippen LogP contribution in [-0.2, 0) is 0 Å². The molecule has 0 aliphatic carbocycles. The van der Waals surface area contributed by atoms with Crippen LogP contribution in [0.25, 0.3) is 22.4 Å². The molecule has 0 aliphatic rings. The maximum absolute atomic E-state index is 9.94. The first-order chi connectivity index (χ1) is 13.2. The Kier molecular flexibility index (Phi) is 5.73. The molecular weight excluding hydrogens is 334 g/mol. The Balaban J connectivity index is 2.26. The fourth-order valence-electron chi connectivity index (χ4n) is 3.23. The second-order valence-electron chi connectivity index (χ2n) is 6.20. The van der Waals surface area contributed by atoms with Gasteiger partial charge in [-0.2, -0.15) is 5.26 Å². The first-order valence-electron chi connectivity index (χ1n) is 9.17. The zero-order valence-electron chi connectivity index (χ0n) is 16.0. The van der Waals surface area contributed by atoms with Crippen LogP contribution in [0.2, 0.25) is 0 Å². The molecule has 1 aromatic heterocycles. The van der Waals surface area contributed by atoms with Gasteiger partial charge in [0.1, 0.15) is 23.1 Å². The van der Waals surface area contributed by atoms with Gasteiger partial charge in [0, 0.05) is 11.1 Å². The highest BCUT2D eigenvalue weighted by atomic mass is 16.5. The minimum absolute atomic E-state index is 0.656. The smallest absolute Gasteiger partial charge is 0.293 e. The van der Waals surface area contributed by atoms with Crippen molar-refractivity contribution in [3.8, 4) is 34.2 Å². The van der Waals surface area contributed by atoms with Crippen molar-refractivity contribution >= 4 is 5.82 Å². The van der Waals surface area contributed by atoms with Gasteiger partial charge in [0.25, 0.3) is 5.82 Å². The molecule has 0 aliphatic heterocycles. The lowest BCUT2D eigenvalue weighted by atomic mass is 9.98. The van der Waals surface area contributed by atoms with Crippen LogP contribution in [0.4, 0.5) is 5.82 Å². The Morgan fingerprint density at radius 3 is 2.19 bits per heavy atom. The molecule has 0 saturated heterocycles. The summed E-state index contributed by atoms with van der Waals surface area (Å²) in [4.78, 5) is 5.67. The molecule has 0 amide bonds. The van der Waals surface area contributed by atoms with Crippen molar-refractivity contribution in [2.24, 2.45) is 0 Å². The lowest BCUT2D eigenvalue weighted by Crippen LogP contribution is -2.31. The van der Waals surface area contributed by atoms with E-state index in [9.17, 15) is 5.26 Å². The van der Waals surface area contributed by atoms with Gasteiger partial charge >= 0.3 is 0 Å². The molecule has 0 unspecified atom stereocenters. The van der Waals surface area contributed by atoms with E-state index in [2.05, 4.69) is 48.0 Å². The molecule has 4 nitrogen and oxygen atoms in total. The molecule has 2 aromatic carbocycles. The molecule has 0 atom stereocenters. The van der Waals surface area contributed by atoms with Crippen molar-refractivity contribution in [1.82, 2.24) is 0 Å². The average Bonchev–Trinajstić information content (AvgIpc) is 2.74. The highest BCUT2D eigenvalue weighted by Gasteiger charge is 2.24. The summed E-state index contributed by atoms with van der Waals surface area (Å²) in [7, 11) is 1.65. The summed E-state index contributed by atoms with van der Waals surface area (Å²) in [6.07, 6.45) is 0. The third-order valence-electron chi connectivity index (χ3n) is 4.73. The summed E-state index contributed by atoms with van der Waals surface area (Å²) in [6, 6.07) is 22.5. The summed E-state index contributed by atoms with van der Waals surface area (Å²) in [5.74, 6) is 1.65. The highest BCUT2D eigenvalue weighted by molar-refractivity contribution is 5.78. The molecular formula is C23H24N3O+. The van der Waals surface area contributed by atoms with Gasteiger partial charge in [-0.05, 0) is 37.6 Å². The third kappa shape index (κ3) is 3.78. The number of rotatable bonds is 6. The number of hydrogen-bond acceptors (Lipinski definition) is 3. The Bertz CT molecular complexity index is 940. The van der Waals surface area contributed by atoms with Crippen molar-refractivity contribution in [1.29, 1.82) is 5.26 Å². The van der Waals surface area contributed by atoms with E-state index in [1.54, 1.807) is 7.11 Å². The number of anilines is 1. The highest BCUT2D eigenvalue weighted by Crippen LogP contribution is 2.32. The van der Waals surface area contributed by atoms with Gasteiger partial charge in [-0.3, -0.25) is 4.90 Å². The minimum Gasteiger partial charge on any atom is -0.497 e. The predicted molar refractivity (Wildman–Crippen MR) is 109 cm³/mol. The van der Waals surface area contributed by atoms with Gasteiger partial charge in [0.15, 0.2) is 0 Å². The predicted octanol–water partition coefficient (Wildman–Crippen LogP) is 4.56. The Morgan fingerprint density at radius 1 is 0.963 bits per heavy atom. The van der Waals surface area contributed by atoms with E-state index in [0.29, 0.717) is 5.56 Å². The largest absolute Gasteiger partial charge is 0.497 e. The Morgan fingerprint density at radius 2 is 1.63 bits per heavy atom. The lowest BCUT2D eigenvalue weighted by Gasteiger charge is -2.17. The van der Waals surface area contributed by atoms with Crippen LogP contribution in [0.5, 0.6) is 5.75 Å². The Labute approximate surface area is 160 Å². The van der Waals surface area contributed by atoms with E-state index in [0.717, 1.165) is 47.0 Å². The number of hydrogen-bond donors (Lipinski definition) is 0. The normalized spacial score (nSPS) is 10.3.